The van der Waals surface area contributed by atoms with E-state index >= 15 is 0 Å². The minimum atomic E-state index is -2.47. The van der Waals surface area contributed by atoms with Crippen LogP contribution in [0.2, 0.25) is 0 Å². The summed E-state index contributed by atoms with van der Waals surface area (Å²) in [7, 11) is 0. The quantitative estimate of drug-likeness (QED) is 0.259. The Balaban J connectivity index is 0.00000137. The van der Waals surface area contributed by atoms with Crippen molar-refractivity contribution in [3.8, 4) is 11.1 Å². The van der Waals surface area contributed by atoms with Crippen molar-refractivity contribution in [2.24, 2.45) is 0 Å². The molecule has 6 rings (SSSR count). The summed E-state index contributed by atoms with van der Waals surface area (Å²) < 4.78 is 2.41. The molecule has 0 bridgehead atoms. The number of benzene rings is 4. The van der Waals surface area contributed by atoms with Crippen molar-refractivity contribution in [3.05, 3.63) is 142 Å². The molecule has 0 unspecified atom stereocenters. The van der Waals surface area contributed by atoms with E-state index in [0.29, 0.717) is 3.67 Å². The van der Waals surface area contributed by atoms with Crippen molar-refractivity contribution in [1.29, 1.82) is 0 Å². The zero-order chi connectivity index (χ0) is 21.3. The summed E-state index contributed by atoms with van der Waals surface area (Å²) in [5.74, 6) is -1.38. The first-order chi connectivity index (χ1) is 15.9. The molecule has 0 spiro atoms. The van der Waals surface area contributed by atoms with Gasteiger partial charge in [-0.3, -0.25) is 0 Å². The maximum Gasteiger partial charge on any atom is -1.00 e. The fourth-order valence-electron chi connectivity index (χ4n) is 5.53. The Morgan fingerprint density at radius 2 is 1.06 bits per heavy atom. The Morgan fingerprint density at radius 1 is 0.588 bits per heavy atom. The monoisotopic (exact) mass is 663 g/mol. The van der Waals surface area contributed by atoms with Crippen molar-refractivity contribution < 1.29 is 45.4 Å². The summed E-state index contributed by atoms with van der Waals surface area (Å²) in [5.41, 5.74) is 6.12. The molecule has 0 saturated carbocycles. The van der Waals surface area contributed by atoms with Gasteiger partial charge in [0.05, 0.1) is 0 Å². The molecule has 4 heteroatoms. The van der Waals surface area contributed by atoms with E-state index in [-0.39, 0.29) is 24.8 Å². The molecule has 2 aliphatic rings. The van der Waals surface area contributed by atoms with Crippen molar-refractivity contribution in [3.63, 3.8) is 0 Å². The molecule has 4 aromatic rings. The summed E-state index contributed by atoms with van der Waals surface area (Å²) in [5, 5.41) is 3.24. The fourth-order valence-corrected chi connectivity index (χ4v) is 40.6. The van der Waals surface area contributed by atoms with Gasteiger partial charge >= 0.3 is 200 Å². The molecule has 0 fully saturated rings. The van der Waals surface area contributed by atoms with Crippen LogP contribution >= 0.6 is 0 Å². The fraction of sp³-hybridized carbons (Fsp3) is 0.0667. The first kappa shape index (κ1) is 25.1. The van der Waals surface area contributed by atoms with Crippen LogP contribution in [0.4, 0.5) is 0 Å². The number of hydrogen-bond acceptors (Lipinski definition) is 0. The molecular weight excluding hydrogens is 638 g/mol. The van der Waals surface area contributed by atoms with Crippen LogP contribution in [0.3, 0.4) is 0 Å². The Morgan fingerprint density at radius 3 is 1.53 bits per heavy atom. The van der Waals surface area contributed by atoms with Gasteiger partial charge in [-0.2, -0.15) is 0 Å². The van der Waals surface area contributed by atoms with E-state index in [1.54, 1.807) is 24.8 Å². The van der Waals surface area contributed by atoms with Crippen LogP contribution in [0, 0.1) is 0 Å². The molecule has 0 heterocycles. The summed E-state index contributed by atoms with van der Waals surface area (Å²) in [6.45, 7) is 0. The first-order valence-electron chi connectivity index (χ1n) is 11.4. The Hall–Kier alpha value is -1.97. The summed E-state index contributed by atoms with van der Waals surface area (Å²) >= 11 is -2.47. The van der Waals surface area contributed by atoms with Crippen LogP contribution in [0.25, 0.3) is 11.1 Å². The second-order valence-electron chi connectivity index (χ2n) is 8.64. The molecule has 4 aromatic carbocycles. The summed E-state index contributed by atoms with van der Waals surface area (Å²) in [6, 6.07) is 41.5. The topological polar surface area (TPSA) is 0 Å². The molecule has 0 aliphatic heterocycles. The van der Waals surface area contributed by atoms with Gasteiger partial charge in [0.2, 0.25) is 0 Å². The van der Waals surface area contributed by atoms with Crippen molar-refractivity contribution >= 4 is 16.4 Å². The Labute approximate surface area is 223 Å². The third-order valence-corrected chi connectivity index (χ3v) is 37.7. The Kier molecular flexibility index (Phi) is 8.26. The molecule has 0 nitrogen and oxygen atoms in total. The molecule has 0 N–H and O–H groups in total. The van der Waals surface area contributed by atoms with Crippen molar-refractivity contribution in [1.82, 2.24) is 0 Å². The van der Waals surface area contributed by atoms with Gasteiger partial charge in [-0.1, -0.05) is 0 Å². The van der Waals surface area contributed by atoms with Crippen LogP contribution in [0.5, 0.6) is 0 Å². The van der Waals surface area contributed by atoms with Gasteiger partial charge in [0.1, 0.15) is 0 Å². The Bertz CT molecular complexity index is 1230. The van der Waals surface area contributed by atoms with Gasteiger partial charge in [0.15, 0.2) is 0 Å². The number of allylic oxidation sites excluding steroid dienone is 4. The molecule has 0 atom stereocenters. The summed E-state index contributed by atoms with van der Waals surface area (Å²) in [6.07, 6.45) is 8.35. The van der Waals surface area contributed by atoms with E-state index in [0.717, 1.165) is 6.42 Å². The average Bonchev–Trinajstić information content (AvgIpc) is 3.51. The number of halogens is 2. The SMILES string of the molecule is C1=CC[C]([Hf+2]([CH]2c3ccccc3-c3ccccc32)[SiH](c2ccccc2)c2ccccc2)=C1.[Cl-].[Cl-]. The van der Waals surface area contributed by atoms with Crippen molar-refractivity contribution in [2.45, 2.75) is 10.1 Å². The third kappa shape index (κ3) is 4.49. The van der Waals surface area contributed by atoms with E-state index in [1.807, 2.05) is 0 Å². The van der Waals surface area contributed by atoms with Gasteiger partial charge in [0.25, 0.3) is 0 Å². The standard InChI is InChI=1S/C13H9.C12H11Si.C5H5.2ClH.Hf/c1-3-7-12-10(5-1)9-11-6-2-4-8-13(11)12;1-3-7-11(8-4-1)13-12-9-5-2-6-10-12;1-2-4-5-3-1;;;/h1-9H;1-10,13H;1-3H,4H2;2*1H;/q;;;;;+2/p-2. The van der Waals surface area contributed by atoms with Crippen LogP contribution in [0.15, 0.2) is 131 Å². The third-order valence-electron chi connectivity index (χ3n) is 6.86. The van der Waals surface area contributed by atoms with Crippen LogP contribution in [-0.2, 0) is 20.6 Å². The van der Waals surface area contributed by atoms with Crippen LogP contribution in [0.1, 0.15) is 21.2 Å². The molecule has 34 heavy (non-hydrogen) atoms. The zero-order valence-electron chi connectivity index (χ0n) is 18.7. The minimum Gasteiger partial charge on any atom is -1.00 e. The van der Waals surface area contributed by atoms with Crippen LogP contribution < -0.4 is 35.2 Å². The normalized spacial score (nSPS) is 13.5. The molecule has 0 radical (unpaired) electrons. The second kappa shape index (κ2) is 11.2. The first-order valence-corrected chi connectivity index (χ1v) is 23.3. The van der Waals surface area contributed by atoms with Crippen molar-refractivity contribution in [2.75, 3.05) is 0 Å². The molecule has 0 saturated heterocycles. The molecular formula is C30H25Cl2HfSi. The van der Waals surface area contributed by atoms with Gasteiger partial charge in [-0.05, 0) is 0 Å². The predicted octanol–water partition coefficient (Wildman–Crippen LogP) is -0.235. The summed E-state index contributed by atoms with van der Waals surface area (Å²) in [4.78, 5) is 0. The predicted molar refractivity (Wildman–Crippen MR) is 135 cm³/mol. The van der Waals surface area contributed by atoms with E-state index in [4.69, 9.17) is 0 Å². The van der Waals surface area contributed by atoms with E-state index in [2.05, 4.69) is 127 Å². The molecule has 0 amide bonds. The molecule has 167 valence electrons. The maximum atomic E-state index is 2.50. The zero-order valence-corrected chi connectivity index (χ0v) is 25.0. The van der Waals surface area contributed by atoms with Crippen LogP contribution in [-0.4, -0.2) is 5.98 Å². The molecule has 2 aliphatic carbocycles. The maximum absolute atomic E-state index is 2.50. The second-order valence-corrected chi connectivity index (χ2v) is 29.8. The van der Waals surface area contributed by atoms with Gasteiger partial charge < -0.3 is 24.8 Å². The smallest absolute Gasteiger partial charge is 1.00 e. The minimum absolute atomic E-state index is 0. The number of fused-ring (bicyclic) bond motifs is 3. The van der Waals surface area contributed by atoms with E-state index in [9.17, 15) is 0 Å². The molecule has 0 aromatic heterocycles. The largest absolute Gasteiger partial charge is 1.00 e. The van der Waals surface area contributed by atoms with Gasteiger partial charge in [0, 0.05) is 0 Å². The average molecular weight is 663 g/mol. The number of hydrogen-bond donors (Lipinski definition) is 0. The number of rotatable bonds is 5. The van der Waals surface area contributed by atoms with Gasteiger partial charge in [-0.25, -0.2) is 0 Å². The van der Waals surface area contributed by atoms with E-state index in [1.165, 1.54) is 11.1 Å². The van der Waals surface area contributed by atoms with E-state index < -0.39 is 26.6 Å². The van der Waals surface area contributed by atoms with Gasteiger partial charge in [-0.15, -0.1) is 0 Å².